The first-order valence-corrected chi connectivity index (χ1v) is 7.05. The van der Waals surface area contributed by atoms with Gasteiger partial charge in [0.1, 0.15) is 5.75 Å². The van der Waals surface area contributed by atoms with Gasteiger partial charge in [-0.3, -0.25) is 0 Å². The van der Waals surface area contributed by atoms with Gasteiger partial charge in [0.25, 0.3) is 0 Å². The second-order valence-corrected chi connectivity index (χ2v) is 5.79. The van der Waals surface area contributed by atoms with Crippen molar-refractivity contribution in [1.82, 2.24) is 4.98 Å². The average molecular weight is 316 g/mol. The first kappa shape index (κ1) is 15.6. The molecule has 0 spiro atoms. The standard InChI is InChI=1S/C14H15F3N2OS/c1-8-13(21-9(2)19-8)7-18-12-5-4-10(20-3)6-11(12)14(15,16)17/h4-6,18H,7H2,1-3H3. The number of alkyl halides is 3. The van der Waals surface area contributed by atoms with Crippen molar-refractivity contribution in [3.63, 3.8) is 0 Å². The van der Waals surface area contributed by atoms with E-state index in [2.05, 4.69) is 10.3 Å². The molecular weight excluding hydrogens is 301 g/mol. The van der Waals surface area contributed by atoms with E-state index < -0.39 is 11.7 Å². The van der Waals surface area contributed by atoms with E-state index in [0.29, 0.717) is 6.54 Å². The van der Waals surface area contributed by atoms with Gasteiger partial charge in [-0.1, -0.05) is 0 Å². The third-order valence-corrected chi connectivity index (χ3v) is 4.04. The summed E-state index contributed by atoms with van der Waals surface area (Å²) in [6.07, 6.45) is -4.43. The van der Waals surface area contributed by atoms with E-state index in [9.17, 15) is 13.2 Å². The van der Waals surface area contributed by atoms with Crippen molar-refractivity contribution in [2.24, 2.45) is 0 Å². The number of thiazole rings is 1. The molecule has 0 amide bonds. The number of nitrogens with one attached hydrogen (secondary N) is 1. The molecule has 0 bridgehead atoms. The molecule has 2 rings (SSSR count). The van der Waals surface area contributed by atoms with Crippen LogP contribution in [0.2, 0.25) is 0 Å². The lowest BCUT2D eigenvalue weighted by molar-refractivity contribution is -0.137. The van der Waals surface area contributed by atoms with Crippen LogP contribution in [0.15, 0.2) is 18.2 Å². The topological polar surface area (TPSA) is 34.1 Å². The van der Waals surface area contributed by atoms with Crippen LogP contribution >= 0.6 is 11.3 Å². The number of hydrogen-bond donors (Lipinski definition) is 1. The van der Waals surface area contributed by atoms with Gasteiger partial charge < -0.3 is 10.1 Å². The van der Waals surface area contributed by atoms with Crippen LogP contribution in [0.25, 0.3) is 0 Å². The predicted molar refractivity (Wildman–Crippen MR) is 76.9 cm³/mol. The van der Waals surface area contributed by atoms with Gasteiger partial charge in [-0.25, -0.2) is 4.98 Å². The highest BCUT2D eigenvalue weighted by molar-refractivity contribution is 7.11. The number of ether oxygens (including phenoxy) is 1. The number of aromatic nitrogens is 1. The van der Waals surface area contributed by atoms with Gasteiger partial charge in [0.15, 0.2) is 0 Å². The molecular formula is C14H15F3N2OS. The molecule has 1 heterocycles. The summed E-state index contributed by atoms with van der Waals surface area (Å²) in [5, 5.41) is 3.73. The van der Waals surface area contributed by atoms with Crippen LogP contribution in [0.1, 0.15) is 21.1 Å². The van der Waals surface area contributed by atoms with Crippen LogP contribution in [0, 0.1) is 13.8 Å². The van der Waals surface area contributed by atoms with Crippen molar-refractivity contribution < 1.29 is 17.9 Å². The molecule has 0 saturated heterocycles. The molecule has 0 atom stereocenters. The van der Waals surface area contributed by atoms with Gasteiger partial charge in [0, 0.05) is 10.6 Å². The van der Waals surface area contributed by atoms with E-state index >= 15 is 0 Å². The van der Waals surface area contributed by atoms with Crippen LogP contribution in [0.3, 0.4) is 0 Å². The minimum Gasteiger partial charge on any atom is -0.497 e. The van der Waals surface area contributed by atoms with Crippen LogP contribution in [-0.2, 0) is 12.7 Å². The Hall–Kier alpha value is -1.76. The van der Waals surface area contributed by atoms with E-state index in [4.69, 9.17) is 4.74 Å². The summed E-state index contributed by atoms with van der Waals surface area (Å²) in [5.74, 6) is 0.178. The Kier molecular flexibility index (Phi) is 4.41. The zero-order valence-corrected chi connectivity index (χ0v) is 12.7. The second-order valence-electron chi connectivity index (χ2n) is 4.50. The molecule has 0 radical (unpaired) electrons. The van der Waals surface area contributed by atoms with Crippen LogP contribution in [0.4, 0.5) is 18.9 Å². The number of rotatable bonds is 4. The Morgan fingerprint density at radius 3 is 2.52 bits per heavy atom. The largest absolute Gasteiger partial charge is 0.497 e. The molecule has 21 heavy (non-hydrogen) atoms. The van der Waals surface area contributed by atoms with Gasteiger partial charge in [0.2, 0.25) is 0 Å². The van der Waals surface area contributed by atoms with Crippen molar-refractivity contribution >= 4 is 17.0 Å². The summed E-state index contributed by atoms with van der Waals surface area (Å²) in [4.78, 5) is 5.19. The average Bonchev–Trinajstić information content (AvgIpc) is 2.73. The lowest BCUT2D eigenvalue weighted by Gasteiger charge is -2.15. The van der Waals surface area contributed by atoms with E-state index in [1.165, 1.54) is 30.6 Å². The molecule has 0 aliphatic rings. The summed E-state index contributed by atoms with van der Waals surface area (Å²) >= 11 is 1.48. The molecule has 2 aromatic rings. The molecule has 0 saturated carbocycles. The number of halogens is 3. The number of hydrogen-bond acceptors (Lipinski definition) is 4. The minimum atomic E-state index is -4.43. The van der Waals surface area contributed by atoms with Gasteiger partial charge in [0.05, 0.1) is 29.9 Å². The summed E-state index contributed by atoms with van der Waals surface area (Å²) in [6.45, 7) is 4.03. The van der Waals surface area contributed by atoms with Gasteiger partial charge in [-0.05, 0) is 32.0 Å². The monoisotopic (exact) mass is 316 g/mol. The van der Waals surface area contributed by atoms with Crippen molar-refractivity contribution in [2.45, 2.75) is 26.6 Å². The summed E-state index contributed by atoms with van der Waals surface area (Å²) < 4.78 is 44.1. The lowest BCUT2D eigenvalue weighted by atomic mass is 10.1. The molecule has 0 aliphatic heterocycles. The number of methoxy groups -OCH3 is 1. The molecule has 0 aliphatic carbocycles. The highest BCUT2D eigenvalue weighted by Gasteiger charge is 2.34. The first-order chi connectivity index (χ1) is 9.81. The molecule has 1 aromatic carbocycles. The fourth-order valence-corrected chi connectivity index (χ4v) is 2.83. The van der Waals surface area contributed by atoms with Gasteiger partial charge in [-0.2, -0.15) is 13.2 Å². The maximum atomic E-state index is 13.1. The Morgan fingerprint density at radius 2 is 2.00 bits per heavy atom. The highest BCUT2D eigenvalue weighted by atomic mass is 32.1. The Bertz CT molecular complexity index is 638. The van der Waals surface area contributed by atoms with Crippen molar-refractivity contribution in [3.05, 3.63) is 39.3 Å². The van der Waals surface area contributed by atoms with Crippen LogP contribution < -0.4 is 10.1 Å². The SMILES string of the molecule is COc1ccc(NCc2sc(C)nc2C)c(C(F)(F)F)c1. The fraction of sp³-hybridized carbons (Fsp3) is 0.357. The van der Waals surface area contributed by atoms with Crippen molar-refractivity contribution in [2.75, 3.05) is 12.4 Å². The Balaban J connectivity index is 2.25. The lowest BCUT2D eigenvalue weighted by Crippen LogP contribution is -2.11. The van der Waals surface area contributed by atoms with E-state index in [0.717, 1.165) is 21.6 Å². The minimum absolute atomic E-state index is 0.0359. The van der Waals surface area contributed by atoms with Crippen LogP contribution in [0.5, 0.6) is 5.75 Å². The fourth-order valence-electron chi connectivity index (χ4n) is 1.95. The maximum absolute atomic E-state index is 13.1. The highest BCUT2D eigenvalue weighted by Crippen LogP contribution is 2.37. The zero-order chi connectivity index (χ0) is 15.6. The number of aryl methyl sites for hydroxylation is 2. The normalized spacial score (nSPS) is 11.5. The van der Waals surface area contributed by atoms with Crippen molar-refractivity contribution in [1.29, 1.82) is 0 Å². The van der Waals surface area contributed by atoms with Crippen molar-refractivity contribution in [3.8, 4) is 5.75 Å². The predicted octanol–water partition coefficient (Wildman–Crippen LogP) is 4.40. The number of nitrogens with zero attached hydrogens (tertiary/aromatic N) is 1. The molecule has 1 N–H and O–H groups in total. The molecule has 0 fully saturated rings. The van der Waals surface area contributed by atoms with E-state index in [-0.39, 0.29) is 11.4 Å². The molecule has 1 aromatic heterocycles. The van der Waals surface area contributed by atoms with Gasteiger partial charge >= 0.3 is 6.18 Å². The molecule has 3 nitrogen and oxygen atoms in total. The first-order valence-electron chi connectivity index (χ1n) is 6.23. The quantitative estimate of drug-likeness (QED) is 0.908. The third kappa shape index (κ3) is 3.66. The summed E-state index contributed by atoms with van der Waals surface area (Å²) in [6, 6.07) is 3.88. The zero-order valence-electron chi connectivity index (χ0n) is 11.8. The summed E-state index contributed by atoms with van der Waals surface area (Å²) in [7, 11) is 1.34. The summed E-state index contributed by atoms with van der Waals surface area (Å²) in [5.41, 5.74) is 0.140. The number of anilines is 1. The third-order valence-electron chi connectivity index (χ3n) is 2.97. The number of benzene rings is 1. The van der Waals surface area contributed by atoms with E-state index in [1.807, 2.05) is 13.8 Å². The Labute approximate surface area is 124 Å². The maximum Gasteiger partial charge on any atom is 0.418 e. The molecule has 0 unspecified atom stereocenters. The van der Waals surface area contributed by atoms with Gasteiger partial charge in [-0.15, -0.1) is 11.3 Å². The Morgan fingerprint density at radius 1 is 1.29 bits per heavy atom. The molecule has 7 heteroatoms. The second kappa shape index (κ2) is 5.93. The van der Waals surface area contributed by atoms with Crippen LogP contribution in [-0.4, -0.2) is 12.1 Å². The van der Waals surface area contributed by atoms with E-state index in [1.54, 1.807) is 0 Å². The molecule has 114 valence electrons. The smallest absolute Gasteiger partial charge is 0.418 e.